The number of carbonyl (C=O) groups excluding carboxylic acids is 1. The molecule has 0 bridgehead atoms. The monoisotopic (exact) mass is 383 g/mol. The Kier molecular flexibility index (Phi) is 6.79. The molecule has 1 fully saturated rings. The van der Waals surface area contributed by atoms with E-state index in [0.717, 1.165) is 31.5 Å². The number of piperidine rings is 1. The lowest BCUT2D eigenvalue weighted by atomic mass is 9.78. The third-order valence-electron chi connectivity index (χ3n) is 4.97. The van der Waals surface area contributed by atoms with Crippen LogP contribution in [0.5, 0.6) is 0 Å². The van der Waals surface area contributed by atoms with Gasteiger partial charge >= 0.3 is 0 Å². The van der Waals surface area contributed by atoms with Gasteiger partial charge in [0, 0.05) is 21.2 Å². The minimum absolute atomic E-state index is 0.0154. The zero-order valence-electron chi connectivity index (χ0n) is 15.9. The van der Waals surface area contributed by atoms with Crippen molar-refractivity contribution in [3.63, 3.8) is 0 Å². The van der Waals surface area contributed by atoms with Gasteiger partial charge in [-0.2, -0.15) is 0 Å². The lowest BCUT2D eigenvalue weighted by molar-refractivity contribution is -0.136. The van der Waals surface area contributed by atoms with Gasteiger partial charge in [-0.1, -0.05) is 12.1 Å². The molecule has 0 radical (unpaired) electrons. The number of sulfonamides is 1. The molecule has 0 saturated carbocycles. The highest BCUT2D eigenvalue weighted by atomic mass is 32.2. The van der Waals surface area contributed by atoms with Gasteiger partial charge in [-0.05, 0) is 50.6 Å². The van der Waals surface area contributed by atoms with Crippen LogP contribution >= 0.6 is 0 Å². The van der Waals surface area contributed by atoms with E-state index < -0.39 is 15.4 Å². The predicted octanol–water partition coefficient (Wildman–Crippen LogP) is 1.13. The molecule has 1 heterocycles. The standard InChI is InChI=1S/C18H29N3O4S/c1-14(15-5-7-16(8-6-15)26(23,24)21(2)3)20-17(22)18(13-25-4)9-11-19-12-10-18/h5-8,14,19H,9-13H2,1-4H3,(H,20,22). The van der Waals surface area contributed by atoms with E-state index in [2.05, 4.69) is 10.6 Å². The molecule has 2 rings (SSSR count). The van der Waals surface area contributed by atoms with Gasteiger partial charge in [0.25, 0.3) is 0 Å². The van der Waals surface area contributed by atoms with Crippen molar-refractivity contribution in [3.05, 3.63) is 29.8 Å². The Morgan fingerprint density at radius 2 is 1.85 bits per heavy atom. The lowest BCUT2D eigenvalue weighted by Crippen LogP contribution is -2.50. The molecular formula is C18H29N3O4S. The van der Waals surface area contributed by atoms with Crippen molar-refractivity contribution in [2.75, 3.05) is 40.9 Å². The van der Waals surface area contributed by atoms with Crippen LogP contribution in [-0.2, 0) is 19.6 Å². The molecule has 7 nitrogen and oxygen atoms in total. The van der Waals surface area contributed by atoms with Crippen LogP contribution in [0.4, 0.5) is 0 Å². The zero-order chi connectivity index (χ0) is 19.4. The summed E-state index contributed by atoms with van der Waals surface area (Å²) in [5.74, 6) is -0.0154. The Balaban J connectivity index is 2.11. The summed E-state index contributed by atoms with van der Waals surface area (Å²) >= 11 is 0. The number of benzene rings is 1. The maximum atomic E-state index is 12.9. The van der Waals surface area contributed by atoms with Gasteiger partial charge < -0.3 is 15.4 Å². The van der Waals surface area contributed by atoms with E-state index >= 15 is 0 Å². The second-order valence-electron chi connectivity index (χ2n) is 7.01. The Morgan fingerprint density at radius 3 is 2.35 bits per heavy atom. The first-order valence-electron chi connectivity index (χ1n) is 8.76. The van der Waals surface area contributed by atoms with Crippen LogP contribution in [-0.4, -0.2) is 59.5 Å². The summed E-state index contributed by atoms with van der Waals surface area (Å²) in [6.45, 7) is 3.88. The van der Waals surface area contributed by atoms with E-state index in [1.165, 1.54) is 18.4 Å². The van der Waals surface area contributed by atoms with Crippen molar-refractivity contribution in [3.8, 4) is 0 Å². The van der Waals surface area contributed by atoms with Gasteiger partial charge in [-0.3, -0.25) is 4.79 Å². The molecule has 2 N–H and O–H groups in total. The second kappa shape index (κ2) is 8.47. The third-order valence-corrected chi connectivity index (χ3v) is 6.80. The molecule has 8 heteroatoms. The van der Waals surface area contributed by atoms with Crippen LogP contribution in [0.1, 0.15) is 31.4 Å². The van der Waals surface area contributed by atoms with Gasteiger partial charge in [0.2, 0.25) is 15.9 Å². The van der Waals surface area contributed by atoms with Crippen LogP contribution < -0.4 is 10.6 Å². The molecule has 1 aromatic carbocycles. The maximum Gasteiger partial charge on any atom is 0.242 e. The normalized spacial score (nSPS) is 18.5. The molecule has 1 aliphatic heterocycles. The highest BCUT2D eigenvalue weighted by molar-refractivity contribution is 7.89. The predicted molar refractivity (Wildman–Crippen MR) is 100 cm³/mol. The number of rotatable bonds is 7. The van der Waals surface area contributed by atoms with Gasteiger partial charge in [0.05, 0.1) is 23.0 Å². The first-order valence-corrected chi connectivity index (χ1v) is 10.2. The van der Waals surface area contributed by atoms with Crippen molar-refractivity contribution in [2.24, 2.45) is 5.41 Å². The summed E-state index contributed by atoms with van der Waals surface area (Å²) in [4.78, 5) is 13.1. The molecule has 146 valence electrons. The van der Waals surface area contributed by atoms with Crippen molar-refractivity contribution in [1.82, 2.24) is 14.9 Å². The Hall–Kier alpha value is -1.48. The SMILES string of the molecule is COCC1(C(=O)NC(C)c2ccc(S(=O)(=O)N(C)C)cc2)CCNCC1. The number of nitrogens with zero attached hydrogens (tertiary/aromatic N) is 1. The van der Waals surface area contributed by atoms with Crippen molar-refractivity contribution >= 4 is 15.9 Å². The Labute approximate surface area is 156 Å². The van der Waals surface area contributed by atoms with E-state index in [-0.39, 0.29) is 16.8 Å². The molecule has 1 aromatic rings. The lowest BCUT2D eigenvalue weighted by Gasteiger charge is -2.36. The molecule has 1 atom stereocenters. The molecule has 26 heavy (non-hydrogen) atoms. The van der Waals surface area contributed by atoms with E-state index in [1.807, 2.05) is 6.92 Å². The number of hydrogen-bond acceptors (Lipinski definition) is 5. The van der Waals surface area contributed by atoms with Crippen LogP contribution in [0.25, 0.3) is 0 Å². The topological polar surface area (TPSA) is 87.7 Å². The summed E-state index contributed by atoms with van der Waals surface area (Å²) in [5.41, 5.74) is 0.347. The second-order valence-corrected chi connectivity index (χ2v) is 9.17. The smallest absolute Gasteiger partial charge is 0.242 e. The molecule has 1 aliphatic rings. The summed E-state index contributed by atoms with van der Waals surface area (Å²) in [5, 5.41) is 6.34. The van der Waals surface area contributed by atoms with E-state index in [9.17, 15) is 13.2 Å². The number of amides is 1. The average Bonchev–Trinajstić information content (AvgIpc) is 2.62. The molecule has 0 spiro atoms. The fourth-order valence-electron chi connectivity index (χ4n) is 3.19. The minimum Gasteiger partial charge on any atom is -0.384 e. The van der Waals surface area contributed by atoms with Crippen LogP contribution in [0, 0.1) is 5.41 Å². The fourth-order valence-corrected chi connectivity index (χ4v) is 4.09. The third kappa shape index (κ3) is 4.43. The van der Waals surface area contributed by atoms with Crippen molar-refractivity contribution in [1.29, 1.82) is 0 Å². The largest absolute Gasteiger partial charge is 0.384 e. The Morgan fingerprint density at radius 1 is 1.27 bits per heavy atom. The van der Waals surface area contributed by atoms with E-state index in [1.54, 1.807) is 31.4 Å². The number of hydrogen-bond donors (Lipinski definition) is 2. The average molecular weight is 384 g/mol. The van der Waals surface area contributed by atoms with Crippen LogP contribution in [0.3, 0.4) is 0 Å². The molecular weight excluding hydrogens is 354 g/mol. The molecule has 0 aliphatic carbocycles. The number of carbonyl (C=O) groups is 1. The number of ether oxygens (including phenoxy) is 1. The molecule has 1 amide bonds. The quantitative estimate of drug-likeness (QED) is 0.737. The van der Waals surface area contributed by atoms with Crippen molar-refractivity contribution in [2.45, 2.75) is 30.7 Å². The highest BCUT2D eigenvalue weighted by Gasteiger charge is 2.40. The number of methoxy groups -OCH3 is 1. The Bertz CT molecular complexity index is 705. The summed E-state index contributed by atoms with van der Waals surface area (Å²) < 4.78 is 30.8. The summed E-state index contributed by atoms with van der Waals surface area (Å²) in [6, 6.07) is 6.41. The van der Waals surface area contributed by atoms with Gasteiger partial charge in [0.15, 0.2) is 0 Å². The summed E-state index contributed by atoms with van der Waals surface area (Å²) in [6.07, 6.45) is 1.47. The summed E-state index contributed by atoms with van der Waals surface area (Å²) in [7, 11) is 1.16. The molecule has 0 aromatic heterocycles. The van der Waals surface area contributed by atoms with Crippen LogP contribution in [0.2, 0.25) is 0 Å². The highest BCUT2D eigenvalue weighted by Crippen LogP contribution is 2.30. The molecule has 1 saturated heterocycles. The maximum absolute atomic E-state index is 12.9. The minimum atomic E-state index is -3.45. The van der Waals surface area contributed by atoms with Crippen LogP contribution in [0.15, 0.2) is 29.2 Å². The van der Waals surface area contributed by atoms with Crippen molar-refractivity contribution < 1.29 is 17.9 Å². The first-order chi connectivity index (χ1) is 12.2. The van der Waals surface area contributed by atoms with E-state index in [4.69, 9.17) is 4.74 Å². The number of nitrogens with one attached hydrogen (secondary N) is 2. The molecule has 1 unspecified atom stereocenters. The first kappa shape index (κ1) is 20.8. The van der Waals surface area contributed by atoms with Gasteiger partial charge in [0.1, 0.15) is 0 Å². The van der Waals surface area contributed by atoms with Gasteiger partial charge in [-0.15, -0.1) is 0 Å². The van der Waals surface area contributed by atoms with E-state index in [0.29, 0.717) is 6.61 Å². The zero-order valence-corrected chi connectivity index (χ0v) is 16.7. The van der Waals surface area contributed by atoms with Gasteiger partial charge in [-0.25, -0.2) is 12.7 Å². The fraction of sp³-hybridized carbons (Fsp3) is 0.611.